The SMILES string of the molecule is OC(CCC1CCCC1)c1ccoc1. The van der Waals surface area contributed by atoms with Gasteiger partial charge in [-0.1, -0.05) is 25.7 Å². The van der Waals surface area contributed by atoms with Gasteiger partial charge in [0, 0.05) is 5.56 Å². The minimum absolute atomic E-state index is 0.325. The molecule has 1 heterocycles. The third-order valence-electron chi connectivity index (χ3n) is 3.25. The van der Waals surface area contributed by atoms with E-state index in [2.05, 4.69) is 0 Å². The molecule has 1 atom stereocenters. The smallest absolute Gasteiger partial charge is 0.0960 e. The fourth-order valence-electron chi connectivity index (χ4n) is 2.32. The van der Waals surface area contributed by atoms with Crippen LogP contribution in [-0.4, -0.2) is 5.11 Å². The van der Waals surface area contributed by atoms with Crippen molar-refractivity contribution in [3.8, 4) is 0 Å². The highest BCUT2D eigenvalue weighted by Crippen LogP contribution is 2.31. The van der Waals surface area contributed by atoms with Crippen LogP contribution in [0, 0.1) is 5.92 Å². The van der Waals surface area contributed by atoms with Gasteiger partial charge in [0.05, 0.1) is 18.6 Å². The Morgan fingerprint density at radius 2 is 2.21 bits per heavy atom. The van der Waals surface area contributed by atoms with Crippen molar-refractivity contribution in [2.75, 3.05) is 0 Å². The lowest BCUT2D eigenvalue weighted by molar-refractivity contribution is 0.156. The first-order chi connectivity index (χ1) is 6.86. The second kappa shape index (κ2) is 4.65. The summed E-state index contributed by atoms with van der Waals surface area (Å²) >= 11 is 0. The van der Waals surface area contributed by atoms with Gasteiger partial charge in [0.25, 0.3) is 0 Å². The van der Waals surface area contributed by atoms with Gasteiger partial charge in [0.1, 0.15) is 0 Å². The van der Waals surface area contributed by atoms with Gasteiger partial charge in [0.15, 0.2) is 0 Å². The highest BCUT2D eigenvalue weighted by atomic mass is 16.3. The average molecular weight is 194 g/mol. The zero-order valence-corrected chi connectivity index (χ0v) is 8.48. The van der Waals surface area contributed by atoms with Crippen LogP contribution in [0.1, 0.15) is 50.2 Å². The summed E-state index contributed by atoms with van der Waals surface area (Å²) in [4.78, 5) is 0. The predicted octanol–water partition coefficient (Wildman–Crippen LogP) is 3.28. The molecule has 2 nitrogen and oxygen atoms in total. The number of aliphatic hydroxyl groups excluding tert-OH is 1. The highest BCUT2D eigenvalue weighted by molar-refractivity contribution is 5.08. The van der Waals surface area contributed by atoms with Gasteiger partial charge in [0.2, 0.25) is 0 Å². The Morgan fingerprint density at radius 3 is 2.86 bits per heavy atom. The molecule has 0 bridgehead atoms. The van der Waals surface area contributed by atoms with Gasteiger partial charge in [-0.05, 0) is 24.8 Å². The molecular weight excluding hydrogens is 176 g/mol. The first-order valence-corrected chi connectivity index (χ1v) is 5.56. The fourth-order valence-corrected chi connectivity index (χ4v) is 2.32. The summed E-state index contributed by atoms with van der Waals surface area (Å²) in [6, 6.07) is 1.85. The number of rotatable bonds is 4. The van der Waals surface area contributed by atoms with Crippen LogP contribution in [0.2, 0.25) is 0 Å². The van der Waals surface area contributed by atoms with Crippen molar-refractivity contribution in [3.05, 3.63) is 24.2 Å². The predicted molar refractivity (Wildman–Crippen MR) is 54.9 cm³/mol. The number of aliphatic hydroxyl groups is 1. The molecule has 1 aromatic heterocycles. The van der Waals surface area contributed by atoms with Crippen molar-refractivity contribution in [1.82, 2.24) is 0 Å². The molecule has 78 valence electrons. The molecule has 1 unspecified atom stereocenters. The molecule has 1 aliphatic rings. The summed E-state index contributed by atoms with van der Waals surface area (Å²) in [6.07, 6.45) is 10.5. The first-order valence-electron chi connectivity index (χ1n) is 5.56. The first kappa shape index (κ1) is 9.78. The minimum atomic E-state index is -0.325. The van der Waals surface area contributed by atoms with E-state index in [1.54, 1.807) is 12.5 Å². The van der Waals surface area contributed by atoms with Crippen molar-refractivity contribution in [1.29, 1.82) is 0 Å². The molecule has 0 aromatic carbocycles. The zero-order chi connectivity index (χ0) is 9.80. The molecule has 1 aliphatic carbocycles. The average Bonchev–Trinajstić information content (AvgIpc) is 2.87. The Morgan fingerprint density at radius 1 is 1.43 bits per heavy atom. The topological polar surface area (TPSA) is 33.4 Å². The van der Waals surface area contributed by atoms with E-state index >= 15 is 0 Å². The Balaban J connectivity index is 1.74. The van der Waals surface area contributed by atoms with Gasteiger partial charge in [-0.3, -0.25) is 0 Å². The van der Waals surface area contributed by atoms with Crippen LogP contribution >= 0.6 is 0 Å². The monoisotopic (exact) mass is 194 g/mol. The lowest BCUT2D eigenvalue weighted by Crippen LogP contribution is -2.00. The lowest BCUT2D eigenvalue weighted by atomic mass is 9.98. The third kappa shape index (κ3) is 2.38. The van der Waals surface area contributed by atoms with Crippen LogP contribution in [0.25, 0.3) is 0 Å². The van der Waals surface area contributed by atoms with E-state index in [-0.39, 0.29) is 6.10 Å². The van der Waals surface area contributed by atoms with Crippen molar-refractivity contribution < 1.29 is 9.52 Å². The summed E-state index contributed by atoms with van der Waals surface area (Å²) in [6.45, 7) is 0. The molecule has 0 radical (unpaired) electrons. The van der Waals surface area contributed by atoms with E-state index in [0.29, 0.717) is 0 Å². The molecule has 14 heavy (non-hydrogen) atoms. The molecule has 0 saturated heterocycles. The lowest BCUT2D eigenvalue weighted by Gasteiger charge is -2.12. The summed E-state index contributed by atoms with van der Waals surface area (Å²) in [5.41, 5.74) is 0.919. The van der Waals surface area contributed by atoms with Crippen molar-refractivity contribution in [2.45, 2.75) is 44.6 Å². The third-order valence-corrected chi connectivity index (χ3v) is 3.25. The van der Waals surface area contributed by atoms with Crippen LogP contribution in [0.15, 0.2) is 23.0 Å². The maximum atomic E-state index is 9.81. The maximum Gasteiger partial charge on any atom is 0.0960 e. The van der Waals surface area contributed by atoms with Gasteiger partial charge < -0.3 is 9.52 Å². The Hall–Kier alpha value is -0.760. The van der Waals surface area contributed by atoms with E-state index in [0.717, 1.165) is 24.3 Å². The molecule has 1 N–H and O–H groups in total. The van der Waals surface area contributed by atoms with Crippen LogP contribution in [-0.2, 0) is 0 Å². The fraction of sp³-hybridized carbons (Fsp3) is 0.667. The van der Waals surface area contributed by atoms with E-state index < -0.39 is 0 Å². The number of hydrogen-bond acceptors (Lipinski definition) is 2. The molecule has 1 saturated carbocycles. The molecule has 0 aliphatic heterocycles. The van der Waals surface area contributed by atoms with Gasteiger partial charge >= 0.3 is 0 Å². The van der Waals surface area contributed by atoms with Crippen LogP contribution in [0.3, 0.4) is 0 Å². The molecule has 1 aromatic rings. The van der Waals surface area contributed by atoms with E-state index in [1.807, 2.05) is 6.07 Å². The van der Waals surface area contributed by atoms with Gasteiger partial charge in [-0.2, -0.15) is 0 Å². The second-order valence-corrected chi connectivity index (χ2v) is 4.30. The Kier molecular flexibility index (Phi) is 3.25. The number of hydrogen-bond donors (Lipinski definition) is 1. The highest BCUT2D eigenvalue weighted by Gasteiger charge is 2.17. The van der Waals surface area contributed by atoms with E-state index in [9.17, 15) is 5.11 Å². The molecule has 1 fully saturated rings. The summed E-state index contributed by atoms with van der Waals surface area (Å²) < 4.78 is 4.95. The molecule has 0 spiro atoms. The summed E-state index contributed by atoms with van der Waals surface area (Å²) in [7, 11) is 0. The number of furan rings is 1. The summed E-state index contributed by atoms with van der Waals surface area (Å²) in [5, 5.41) is 9.81. The van der Waals surface area contributed by atoms with Crippen LogP contribution < -0.4 is 0 Å². The van der Waals surface area contributed by atoms with Gasteiger partial charge in [-0.25, -0.2) is 0 Å². The molecule has 2 rings (SSSR count). The normalized spacial score (nSPS) is 20.1. The van der Waals surface area contributed by atoms with Crippen LogP contribution in [0.4, 0.5) is 0 Å². The van der Waals surface area contributed by atoms with E-state index in [4.69, 9.17) is 4.42 Å². The standard InChI is InChI=1S/C12H18O2/c13-12(11-7-8-14-9-11)6-5-10-3-1-2-4-10/h7-10,12-13H,1-6H2. The summed E-state index contributed by atoms with van der Waals surface area (Å²) in [5.74, 6) is 0.858. The second-order valence-electron chi connectivity index (χ2n) is 4.30. The minimum Gasteiger partial charge on any atom is -0.472 e. The Bertz CT molecular complexity index is 247. The van der Waals surface area contributed by atoms with E-state index in [1.165, 1.54) is 25.7 Å². The largest absolute Gasteiger partial charge is 0.472 e. The van der Waals surface area contributed by atoms with Crippen molar-refractivity contribution >= 4 is 0 Å². The van der Waals surface area contributed by atoms with Crippen LogP contribution in [0.5, 0.6) is 0 Å². The zero-order valence-electron chi connectivity index (χ0n) is 8.48. The molecule has 2 heteroatoms. The van der Waals surface area contributed by atoms with Gasteiger partial charge in [-0.15, -0.1) is 0 Å². The quantitative estimate of drug-likeness (QED) is 0.798. The maximum absolute atomic E-state index is 9.81. The van der Waals surface area contributed by atoms with Crippen molar-refractivity contribution in [3.63, 3.8) is 0 Å². The molecular formula is C12H18O2. The Labute approximate surface area is 84.9 Å². The molecule has 0 amide bonds. The van der Waals surface area contributed by atoms with Crippen molar-refractivity contribution in [2.24, 2.45) is 5.92 Å².